The summed E-state index contributed by atoms with van der Waals surface area (Å²) in [4.78, 5) is 2.60. The maximum absolute atomic E-state index is 3.73. The summed E-state index contributed by atoms with van der Waals surface area (Å²) in [5, 5.41) is 3.73. The Morgan fingerprint density at radius 2 is 2.06 bits per heavy atom. The smallest absolute Gasteiger partial charge is 0.0256 e. The van der Waals surface area contributed by atoms with Crippen LogP contribution in [0.1, 0.15) is 39.5 Å². The van der Waals surface area contributed by atoms with Crippen molar-refractivity contribution in [3.63, 3.8) is 0 Å². The van der Waals surface area contributed by atoms with Crippen LogP contribution in [0.3, 0.4) is 0 Å². The van der Waals surface area contributed by atoms with Crippen LogP contribution in [0.4, 0.5) is 0 Å². The molecule has 0 aromatic heterocycles. The van der Waals surface area contributed by atoms with E-state index in [1.165, 1.54) is 57.6 Å². The number of thioether (sulfide) groups is 1. The molecule has 0 spiro atoms. The number of rotatable bonds is 5. The fraction of sp³-hybridized carbons (Fsp3) is 1.00. The van der Waals surface area contributed by atoms with Crippen molar-refractivity contribution in [2.75, 3.05) is 31.9 Å². The second kappa shape index (κ2) is 5.74. The van der Waals surface area contributed by atoms with Crippen LogP contribution in [0.2, 0.25) is 0 Å². The molecule has 3 heteroatoms. The van der Waals surface area contributed by atoms with Crippen molar-refractivity contribution in [1.82, 2.24) is 10.2 Å². The zero-order valence-corrected chi connectivity index (χ0v) is 11.6. The minimum atomic E-state index is 0.513. The first-order chi connectivity index (χ1) is 7.68. The lowest BCUT2D eigenvalue weighted by molar-refractivity contribution is 0.295. The molecule has 1 N–H and O–H groups in total. The summed E-state index contributed by atoms with van der Waals surface area (Å²) in [6.45, 7) is 9.81. The van der Waals surface area contributed by atoms with Gasteiger partial charge in [-0.1, -0.05) is 0 Å². The molecule has 2 heterocycles. The average Bonchev–Trinajstić information content (AvgIpc) is 2.88. The van der Waals surface area contributed by atoms with E-state index in [9.17, 15) is 0 Å². The van der Waals surface area contributed by atoms with Crippen LogP contribution in [-0.4, -0.2) is 47.6 Å². The highest BCUT2D eigenvalue weighted by Crippen LogP contribution is 2.37. The van der Waals surface area contributed by atoms with Crippen LogP contribution in [0.15, 0.2) is 0 Å². The van der Waals surface area contributed by atoms with Gasteiger partial charge in [0.2, 0.25) is 0 Å². The molecule has 94 valence electrons. The highest BCUT2D eigenvalue weighted by atomic mass is 32.2. The molecular formula is C13H26N2S. The molecule has 0 aromatic carbocycles. The SMILES string of the molecule is CC(CN1CCCC1)NCC1(C)CCCS1. The Hall–Kier alpha value is 0.270. The second-order valence-corrected chi connectivity index (χ2v) is 7.37. The molecule has 0 bridgehead atoms. The van der Waals surface area contributed by atoms with Crippen LogP contribution in [0.25, 0.3) is 0 Å². The van der Waals surface area contributed by atoms with E-state index in [-0.39, 0.29) is 0 Å². The van der Waals surface area contributed by atoms with Gasteiger partial charge in [-0.3, -0.25) is 0 Å². The predicted octanol–water partition coefficient (Wildman–Crippen LogP) is 2.35. The fourth-order valence-corrected chi connectivity index (χ4v) is 4.04. The normalized spacial score (nSPS) is 33.4. The summed E-state index contributed by atoms with van der Waals surface area (Å²) in [5.41, 5.74) is 0. The highest BCUT2D eigenvalue weighted by molar-refractivity contribution is 8.00. The highest BCUT2D eigenvalue weighted by Gasteiger charge is 2.29. The molecule has 0 amide bonds. The molecule has 2 aliphatic heterocycles. The Balaban J connectivity index is 1.64. The Morgan fingerprint density at radius 3 is 2.69 bits per heavy atom. The van der Waals surface area contributed by atoms with Crippen molar-refractivity contribution in [1.29, 1.82) is 0 Å². The van der Waals surface area contributed by atoms with Gasteiger partial charge in [0.05, 0.1) is 0 Å². The van der Waals surface area contributed by atoms with Gasteiger partial charge in [-0.2, -0.15) is 11.8 Å². The summed E-state index contributed by atoms with van der Waals surface area (Å²) in [6, 6.07) is 0.649. The van der Waals surface area contributed by atoms with E-state index >= 15 is 0 Å². The summed E-state index contributed by atoms with van der Waals surface area (Å²) < 4.78 is 0.513. The van der Waals surface area contributed by atoms with Gasteiger partial charge in [0.25, 0.3) is 0 Å². The van der Waals surface area contributed by atoms with E-state index in [0.29, 0.717) is 10.8 Å². The van der Waals surface area contributed by atoms with Crippen molar-refractivity contribution in [2.24, 2.45) is 0 Å². The van der Waals surface area contributed by atoms with E-state index in [4.69, 9.17) is 0 Å². The number of hydrogen-bond acceptors (Lipinski definition) is 3. The van der Waals surface area contributed by atoms with Gasteiger partial charge in [0, 0.05) is 23.9 Å². The Kier molecular flexibility index (Phi) is 4.57. The monoisotopic (exact) mass is 242 g/mol. The molecule has 0 aliphatic carbocycles. The van der Waals surface area contributed by atoms with Crippen LogP contribution in [0, 0.1) is 0 Å². The van der Waals surface area contributed by atoms with Gasteiger partial charge in [-0.15, -0.1) is 0 Å². The molecule has 2 saturated heterocycles. The van der Waals surface area contributed by atoms with E-state index in [1.54, 1.807) is 0 Å². The minimum Gasteiger partial charge on any atom is -0.312 e. The molecule has 2 nitrogen and oxygen atoms in total. The van der Waals surface area contributed by atoms with Crippen molar-refractivity contribution in [3.05, 3.63) is 0 Å². The molecule has 0 radical (unpaired) electrons. The Labute approximate surface area is 105 Å². The van der Waals surface area contributed by atoms with E-state index in [2.05, 4.69) is 35.8 Å². The minimum absolute atomic E-state index is 0.513. The standard InChI is InChI=1S/C13H26N2S/c1-12(10-15-7-3-4-8-15)14-11-13(2)6-5-9-16-13/h12,14H,3-11H2,1-2H3. The lowest BCUT2D eigenvalue weighted by Crippen LogP contribution is -2.43. The molecule has 2 aliphatic rings. The summed E-state index contributed by atoms with van der Waals surface area (Å²) >= 11 is 2.15. The molecule has 0 saturated carbocycles. The Morgan fingerprint density at radius 1 is 1.31 bits per heavy atom. The van der Waals surface area contributed by atoms with Gasteiger partial charge in [0.1, 0.15) is 0 Å². The number of likely N-dealkylation sites (tertiary alicyclic amines) is 1. The van der Waals surface area contributed by atoms with Gasteiger partial charge in [0.15, 0.2) is 0 Å². The maximum atomic E-state index is 3.73. The van der Waals surface area contributed by atoms with Crippen LogP contribution >= 0.6 is 11.8 Å². The number of nitrogens with one attached hydrogen (secondary N) is 1. The van der Waals surface area contributed by atoms with Crippen LogP contribution < -0.4 is 5.32 Å². The van der Waals surface area contributed by atoms with E-state index in [1.807, 2.05) is 0 Å². The zero-order valence-electron chi connectivity index (χ0n) is 10.8. The van der Waals surface area contributed by atoms with Crippen molar-refractivity contribution in [3.8, 4) is 0 Å². The first-order valence-electron chi connectivity index (χ1n) is 6.78. The second-order valence-electron chi connectivity index (χ2n) is 5.69. The van der Waals surface area contributed by atoms with Gasteiger partial charge in [-0.25, -0.2) is 0 Å². The molecule has 16 heavy (non-hydrogen) atoms. The quantitative estimate of drug-likeness (QED) is 0.797. The molecule has 2 unspecified atom stereocenters. The third kappa shape index (κ3) is 3.64. The summed E-state index contributed by atoms with van der Waals surface area (Å²) in [5.74, 6) is 1.36. The van der Waals surface area contributed by atoms with Crippen LogP contribution in [-0.2, 0) is 0 Å². The van der Waals surface area contributed by atoms with Crippen LogP contribution in [0.5, 0.6) is 0 Å². The maximum Gasteiger partial charge on any atom is 0.0256 e. The van der Waals surface area contributed by atoms with E-state index < -0.39 is 0 Å². The predicted molar refractivity (Wildman–Crippen MR) is 73.2 cm³/mol. The van der Waals surface area contributed by atoms with Gasteiger partial charge in [-0.05, 0) is 58.4 Å². The van der Waals surface area contributed by atoms with Crippen molar-refractivity contribution < 1.29 is 0 Å². The third-order valence-electron chi connectivity index (χ3n) is 3.86. The van der Waals surface area contributed by atoms with Gasteiger partial charge >= 0.3 is 0 Å². The largest absolute Gasteiger partial charge is 0.312 e. The summed E-state index contributed by atoms with van der Waals surface area (Å²) in [7, 11) is 0. The summed E-state index contributed by atoms with van der Waals surface area (Å²) in [6.07, 6.45) is 5.60. The molecule has 2 atom stereocenters. The number of hydrogen-bond donors (Lipinski definition) is 1. The topological polar surface area (TPSA) is 15.3 Å². The molecule has 2 fully saturated rings. The van der Waals surface area contributed by atoms with Gasteiger partial charge < -0.3 is 10.2 Å². The first-order valence-corrected chi connectivity index (χ1v) is 7.76. The molecule has 2 rings (SSSR count). The lowest BCUT2D eigenvalue weighted by atomic mass is 10.1. The number of nitrogens with zero attached hydrogens (tertiary/aromatic N) is 1. The van der Waals surface area contributed by atoms with Crippen molar-refractivity contribution >= 4 is 11.8 Å². The third-order valence-corrected chi connectivity index (χ3v) is 5.39. The lowest BCUT2D eigenvalue weighted by Gasteiger charge is -2.27. The first kappa shape index (κ1) is 12.7. The average molecular weight is 242 g/mol. The molecule has 0 aromatic rings. The van der Waals surface area contributed by atoms with E-state index in [0.717, 1.165) is 0 Å². The zero-order chi connectivity index (χ0) is 11.4. The fourth-order valence-electron chi connectivity index (χ4n) is 2.78. The molecular weight excluding hydrogens is 216 g/mol. The van der Waals surface area contributed by atoms with Crippen molar-refractivity contribution in [2.45, 2.75) is 50.3 Å². The Bertz CT molecular complexity index is 208.